The lowest BCUT2D eigenvalue weighted by molar-refractivity contribution is -0.295. The molecular weight excluding hydrogens is 176 g/mol. The molecule has 4 atom stereocenters. The van der Waals surface area contributed by atoms with Crippen LogP contribution in [-0.4, -0.2) is 51.6 Å². The summed E-state index contributed by atoms with van der Waals surface area (Å²) in [5.41, 5.74) is -0.770. The molecule has 1 fully saturated rings. The first-order chi connectivity index (χ1) is 5.91. The van der Waals surface area contributed by atoms with E-state index in [1.807, 2.05) is 0 Å². The summed E-state index contributed by atoms with van der Waals surface area (Å²) in [7, 11) is 0. The minimum absolute atomic E-state index is 0.298. The Hall–Kier alpha value is -0.200. The van der Waals surface area contributed by atoms with Gasteiger partial charge in [0.25, 0.3) is 0 Å². The minimum Gasteiger partial charge on any atom is -0.394 e. The highest BCUT2D eigenvalue weighted by molar-refractivity contribution is 4.94. The van der Waals surface area contributed by atoms with Crippen LogP contribution in [0.1, 0.15) is 13.8 Å². The molecule has 78 valence electrons. The molecule has 0 saturated carbocycles. The van der Waals surface area contributed by atoms with Crippen molar-refractivity contribution >= 4 is 0 Å². The fourth-order valence-corrected chi connectivity index (χ4v) is 1.49. The minimum atomic E-state index is -1.43. The first-order valence-corrected chi connectivity index (χ1v) is 4.21. The Labute approximate surface area is 76.6 Å². The van der Waals surface area contributed by atoms with Crippen LogP contribution in [0.15, 0.2) is 0 Å². The lowest BCUT2D eigenvalue weighted by atomic mass is 9.76. The van der Waals surface area contributed by atoms with Gasteiger partial charge in [-0.2, -0.15) is 0 Å². The molecular formula is C8H16O5. The third kappa shape index (κ3) is 1.70. The van der Waals surface area contributed by atoms with E-state index in [2.05, 4.69) is 0 Å². The van der Waals surface area contributed by atoms with Crippen LogP contribution in [0, 0.1) is 5.41 Å². The van der Waals surface area contributed by atoms with E-state index in [1.54, 1.807) is 13.8 Å². The smallest absolute Gasteiger partial charge is 0.183 e. The van der Waals surface area contributed by atoms with Crippen LogP contribution in [0.25, 0.3) is 0 Å². The second kappa shape index (κ2) is 3.51. The lowest BCUT2D eigenvalue weighted by Crippen LogP contribution is -2.59. The maximum absolute atomic E-state index is 9.58. The van der Waals surface area contributed by atoms with Crippen molar-refractivity contribution in [2.45, 2.75) is 38.4 Å². The van der Waals surface area contributed by atoms with E-state index in [1.165, 1.54) is 0 Å². The van der Waals surface area contributed by atoms with E-state index in [4.69, 9.17) is 14.9 Å². The molecule has 0 aromatic heterocycles. The van der Waals surface area contributed by atoms with Gasteiger partial charge in [0.15, 0.2) is 6.29 Å². The molecule has 1 saturated heterocycles. The highest BCUT2D eigenvalue weighted by Gasteiger charge is 2.48. The zero-order valence-electron chi connectivity index (χ0n) is 7.71. The van der Waals surface area contributed by atoms with Crippen LogP contribution < -0.4 is 0 Å². The summed E-state index contributed by atoms with van der Waals surface area (Å²) in [6.07, 6.45) is -4.52. The first-order valence-electron chi connectivity index (χ1n) is 4.21. The van der Waals surface area contributed by atoms with Crippen LogP contribution >= 0.6 is 0 Å². The molecule has 5 heteroatoms. The van der Waals surface area contributed by atoms with E-state index in [0.717, 1.165) is 0 Å². The highest BCUT2D eigenvalue weighted by Crippen LogP contribution is 2.35. The fraction of sp³-hybridized carbons (Fsp3) is 1.00. The van der Waals surface area contributed by atoms with Crippen LogP contribution in [0.2, 0.25) is 0 Å². The van der Waals surface area contributed by atoms with Gasteiger partial charge in [-0.25, -0.2) is 0 Å². The molecule has 1 rings (SSSR count). The van der Waals surface area contributed by atoms with E-state index in [-0.39, 0.29) is 6.61 Å². The van der Waals surface area contributed by atoms with Crippen molar-refractivity contribution in [2.24, 2.45) is 5.41 Å². The third-order valence-electron chi connectivity index (χ3n) is 2.68. The number of aliphatic hydroxyl groups excluding tert-OH is 4. The van der Waals surface area contributed by atoms with E-state index >= 15 is 0 Å². The standard InChI is InChI=1S/C8H16O5/c1-8(2)4(3-9)13-7(12)5(10)6(8)11/h4-7,9-12H,3H2,1-2H3. The summed E-state index contributed by atoms with van der Waals surface area (Å²) in [4.78, 5) is 0. The molecule has 1 aliphatic heterocycles. The van der Waals surface area contributed by atoms with Gasteiger partial charge in [0, 0.05) is 5.41 Å². The van der Waals surface area contributed by atoms with Crippen molar-refractivity contribution in [1.29, 1.82) is 0 Å². The third-order valence-corrected chi connectivity index (χ3v) is 2.68. The van der Waals surface area contributed by atoms with Crippen LogP contribution in [-0.2, 0) is 4.74 Å². The predicted molar refractivity (Wildman–Crippen MR) is 43.8 cm³/mol. The summed E-state index contributed by atoms with van der Waals surface area (Å²) < 4.78 is 4.93. The van der Waals surface area contributed by atoms with Gasteiger partial charge < -0.3 is 25.2 Å². The molecule has 1 heterocycles. The second-order valence-electron chi connectivity index (χ2n) is 3.95. The Morgan fingerprint density at radius 3 is 2.23 bits per heavy atom. The van der Waals surface area contributed by atoms with Crippen molar-refractivity contribution in [3.63, 3.8) is 0 Å². The number of hydrogen-bond acceptors (Lipinski definition) is 5. The maximum atomic E-state index is 9.58. The van der Waals surface area contributed by atoms with Crippen LogP contribution in [0.3, 0.4) is 0 Å². The average molecular weight is 192 g/mol. The predicted octanol–water partition coefficient (Wildman–Crippen LogP) is -1.56. The SMILES string of the molecule is CC1(C)C(CO)OC(O)C(O)C1O. The monoisotopic (exact) mass is 192 g/mol. The largest absolute Gasteiger partial charge is 0.394 e. The normalized spacial score (nSPS) is 44.8. The zero-order valence-corrected chi connectivity index (χ0v) is 7.71. The molecule has 1 aliphatic rings. The first kappa shape index (κ1) is 10.9. The van der Waals surface area contributed by atoms with Gasteiger partial charge in [-0.05, 0) is 0 Å². The average Bonchev–Trinajstić information content (AvgIpc) is 2.08. The molecule has 0 amide bonds. The highest BCUT2D eigenvalue weighted by atomic mass is 16.6. The molecule has 4 unspecified atom stereocenters. The summed E-state index contributed by atoms with van der Waals surface area (Å²) in [6.45, 7) is 3.02. The Kier molecular flexibility index (Phi) is 2.94. The fourth-order valence-electron chi connectivity index (χ4n) is 1.49. The van der Waals surface area contributed by atoms with Crippen LogP contribution in [0.5, 0.6) is 0 Å². The Morgan fingerprint density at radius 1 is 1.23 bits per heavy atom. The second-order valence-corrected chi connectivity index (χ2v) is 3.95. The van der Waals surface area contributed by atoms with E-state index in [9.17, 15) is 10.2 Å². The Bertz CT molecular complexity index is 177. The molecule has 0 bridgehead atoms. The number of hydrogen-bond donors (Lipinski definition) is 4. The number of aliphatic hydroxyl groups is 4. The Balaban J connectivity index is 2.82. The van der Waals surface area contributed by atoms with Crippen molar-refractivity contribution in [3.05, 3.63) is 0 Å². The Morgan fingerprint density at radius 2 is 1.77 bits per heavy atom. The quantitative estimate of drug-likeness (QED) is 0.403. The zero-order chi connectivity index (χ0) is 10.2. The maximum Gasteiger partial charge on any atom is 0.183 e. The van der Waals surface area contributed by atoms with Crippen molar-refractivity contribution in [3.8, 4) is 0 Å². The summed E-state index contributed by atoms with van der Waals surface area (Å²) in [5.74, 6) is 0. The van der Waals surface area contributed by atoms with Gasteiger partial charge in [-0.15, -0.1) is 0 Å². The van der Waals surface area contributed by atoms with Crippen molar-refractivity contribution in [1.82, 2.24) is 0 Å². The molecule has 4 N–H and O–H groups in total. The lowest BCUT2D eigenvalue weighted by Gasteiger charge is -2.45. The molecule has 0 aromatic carbocycles. The van der Waals surface area contributed by atoms with Gasteiger partial charge in [0.1, 0.15) is 6.10 Å². The van der Waals surface area contributed by atoms with Crippen LogP contribution in [0.4, 0.5) is 0 Å². The molecule has 0 aliphatic carbocycles. The van der Waals surface area contributed by atoms with Gasteiger partial charge in [0.05, 0.1) is 18.8 Å². The molecule has 0 spiro atoms. The summed E-state index contributed by atoms with van der Waals surface area (Å²) >= 11 is 0. The number of ether oxygens (including phenoxy) is 1. The summed E-state index contributed by atoms with van der Waals surface area (Å²) in [5, 5.41) is 36.9. The topological polar surface area (TPSA) is 90.2 Å². The van der Waals surface area contributed by atoms with Gasteiger partial charge in [-0.3, -0.25) is 0 Å². The van der Waals surface area contributed by atoms with Gasteiger partial charge in [-0.1, -0.05) is 13.8 Å². The van der Waals surface area contributed by atoms with Gasteiger partial charge >= 0.3 is 0 Å². The summed E-state index contributed by atoms with van der Waals surface area (Å²) in [6, 6.07) is 0. The molecule has 13 heavy (non-hydrogen) atoms. The molecule has 0 aromatic rings. The van der Waals surface area contributed by atoms with Crippen molar-refractivity contribution < 1.29 is 25.2 Å². The van der Waals surface area contributed by atoms with E-state index in [0.29, 0.717) is 0 Å². The number of rotatable bonds is 1. The van der Waals surface area contributed by atoms with E-state index < -0.39 is 30.0 Å². The van der Waals surface area contributed by atoms with Crippen molar-refractivity contribution in [2.75, 3.05) is 6.61 Å². The van der Waals surface area contributed by atoms with Gasteiger partial charge in [0.2, 0.25) is 0 Å². The molecule has 0 radical (unpaired) electrons. The molecule has 5 nitrogen and oxygen atoms in total.